The van der Waals surface area contributed by atoms with E-state index in [0.29, 0.717) is 0 Å². The lowest BCUT2D eigenvalue weighted by Gasteiger charge is -2.02. The Bertz CT molecular complexity index is 647. The molecule has 3 aromatic rings. The first-order valence-electron chi connectivity index (χ1n) is 5.23. The molecule has 1 heteroatoms. The number of H-pyrrole nitrogens is 1. The zero-order valence-corrected chi connectivity index (χ0v) is 8.96. The van der Waals surface area contributed by atoms with E-state index < -0.39 is 0 Å². The third-order valence-corrected chi connectivity index (χ3v) is 3.01. The van der Waals surface area contributed by atoms with E-state index in [0.717, 1.165) is 0 Å². The lowest BCUT2D eigenvalue weighted by molar-refractivity contribution is 1.30. The molecule has 0 saturated carbocycles. The summed E-state index contributed by atoms with van der Waals surface area (Å²) >= 11 is 0. The molecular weight excluding hydrogens is 182 g/mol. The molecule has 0 saturated heterocycles. The lowest BCUT2D eigenvalue weighted by atomic mass is 10.0. The predicted octanol–water partition coefficient (Wildman–Crippen LogP) is 3.94. The molecule has 1 nitrogen and oxygen atoms in total. The van der Waals surface area contributed by atoms with Crippen LogP contribution in [0.2, 0.25) is 0 Å². The van der Waals surface area contributed by atoms with Gasteiger partial charge in [0.05, 0.1) is 5.52 Å². The van der Waals surface area contributed by atoms with Crippen molar-refractivity contribution in [2.45, 2.75) is 13.8 Å². The molecule has 0 aliphatic rings. The summed E-state index contributed by atoms with van der Waals surface area (Å²) in [5, 5.41) is 3.96. The van der Waals surface area contributed by atoms with Crippen LogP contribution in [-0.2, 0) is 0 Å². The second-order valence-corrected chi connectivity index (χ2v) is 4.15. The number of fused-ring (bicyclic) bond motifs is 3. The third kappa shape index (κ3) is 1.16. The van der Waals surface area contributed by atoms with Gasteiger partial charge in [0.25, 0.3) is 0 Å². The lowest BCUT2D eigenvalue weighted by Crippen LogP contribution is -1.79. The Morgan fingerprint density at radius 3 is 2.67 bits per heavy atom. The molecule has 0 fully saturated rings. The molecule has 3 rings (SSSR count). The molecule has 1 aromatic heterocycles. The molecule has 1 N–H and O–H groups in total. The van der Waals surface area contributed by atoms with Gasteiger partial charge in [0.1, 0.15) is 0 Å². The zero-order chi connectivity index (χ0) is 10.4. The minimum atomic E-state index is 1.22. The molecule has 74 valence electrons. The summed E-state index contributed by atoms with van der Waals surface area (Å²) in [4.78, 5) is 3.43. The van der Waals surface area contributed by atoms with E-state index in [1.807, 2.05) is 0 Å². The second-order valence-electron chi connectivity index (χ2n) is 4.15. The molecular formula is C14H13N. The number of aryl methyl sites for hydroxylation is 2. The van der Waals surface area contributed by atoms with Crippen LogP contribution in [0, 0.1) is 13.8 Å². The molecule has 0 spiro atoms. The van der Waals surface area contributed by atoms with Crippen LogP contribution >= 0.6 is 0 Å². The Balaban J connectivity index is 2.59. The van der Waals surface area contributed by atoms with Gasteiger partial charge in [-0.15, -0.1) is 0 Å². The standard InChI is InChI=1S/C14H13N/c1-9-4-3-5-13-12(9)7-6-11-8-10(2)15-14(11)13/h3-8,15H,1-2H3. The number of hydrogen-bond acceptors (Lipinski definition) is 0. The van der Waals surface area contributed by atoms with Crippen LogP contribution in [0.1, 0.15) is 11.3 Å². The molecule has 0 radical (unpaired) electrons. The minimum Gasteiger partial charge on any atom is -0.358 e. The Kier molecular flexibility index (Phi) is 1.63. The summed E-state index contributed by atoms with van der Waals surface area (Å²) < 4.78 is 0. The van der Waals surface area contributed by atoms with Crippen LogP contribution in [0.4, 0.5) is 0 Å². The third-order valence-electron chi connectivity index (χ3n) is 3.01. The first-order valence-corrected chi connectivity index (χ1v) is 5.23. The number of rotatable bonds is 0. The molecule has 2 aromatic carbocycles. The summed E-state index contributed by atoms with van der Waals surface area (Å²) in [6.07, 6.45) is 0. The highest BCUT2D eigenvalue weighted by atomic mass is 14.7. The van der Waals surface area contributed by atoms with Gasteiger partial charge in [-0.05, 0) is 30.9 Å². The van der Waals surface area contributed by atoms with Gasteiger partial charge >= 0.3 is 0 Å². The molecule has 0 aliphatic carbocycles. The van der Waals surface area contributed by atoms with Gasteiger partial charge in [-0.3, -0.25) is 0 Å². The van der Waals surface area contributed by atoms with Crippen LogP contribution in [0.3, 0.4) is 0 Å². The Morgan fingerprint density at radius 1 is 0.933 bits per heavy atom. The first kappa shape index (κ1) is 8.54. The van der Waals surface area contributed by atoms with Crippen molar-refractivity contribution in [2.24, 2.45) is 0 Å². The van der Waals surface area contributed by atoms with Crippen LogP contribution in [-0.4, -0.2) is 4.98 Å². The number of aromatic nitrogens is 1. The maximum atomic E-state index is 3.43. The van der Waals surface area contributed by atoms with E-state index >= 15 is 0 Å². The smallest absolute Gasteiger partial charge is 0.0535 e. The molecule has 0 bridgehead atoms. The summed E-state index contributed by atoms with van der Waals surface area (Å²) in [7, 11) is 0. The van der Waals surface area contributed by atoms with E-state index in [-0.39, 0.29) is 0 Å². The van der Waals surface area contributed by atoms with Crippen molar-refractivity contribution >= 4 is 21.7 Å². The number of aromatic amines is 1. The highest BCUT2D eigenvalue weighted by molar-refractivity contribution is 6.06. The Labute approximate surface area is 88.7 Å². The van der Waals surface area contributed by atoms with E-state index in [4.69, 9.17) is 0 Å². The van der Waals surface area contributed by atoms with E-state index in [1.165, 1.54) is 32.9 Å². The fourth-order valence-electron chi connectivity index (χ4n) is 2.26. The number of benzene rings is 2. The largest absolute Gasteiger partial charge is 0.358 e. The van der Waals surface area contributed by atoms with Crippen LogP contribution < -0.4 is 0 Å². The molecule has 0 atom stereocenters. The highest BCUT2D eigenvalue weighted by Gasteiger charge is 2.03. The highest BCUT2D eigenvalue weighted by Crippen LogP contribution is 2.27. The SMILES string of the molecule is Cc1cc2ccc3c(C)cccc3c2[nH]1. The van der Waals surface area contributed by atoms with Crippen molar-refractivity contribution in [3.63, 3.8) is 0 Å². The van der Waals surface area contributed by atoms with Crippen LogP contribution in [0.5, 0.6) is 0 Å². The fraction of sp³-hybridized carbons (Fsp3) is 0.143. The summed E-state index contributed by atoms with van der Waals surface area (Å²) in [5.41, 5.74) is 3.81. The van der Waals surface area contributed by atoms with E-state index in [2.05, 4.69) is 55.2 Å². The van der Waals surface area contributed by atoms with Gasteiger partial charge in [-0.25, -0.2) is 0 Å². The van der Waals surface area contributed by atoms with Gasteiger partial charge in [0, 0.05) is 16.5 Å². The predicted molar refractivity (Wildman–Crippen MR) is 65.3 cm³/mol. The maximum Gasteiger partial charge on any atom is 0.0535 e. The van der Waals surface area contributed by atoms with Crippen molar-refractivity contribution in [3.8, 4) is 0 Å². The number of hydrogen-bond donors (Lipinski definition) is 1. The average molecular weight is 195 g/mol. The van der Waals surface area contributed by atoms with Crippen molar-refractivity contribution in [3.05, 3.63) is 47.7 Å². The van der Waals surface area contributed by atoms with Crippen molar-refractivity contribution < 1.29 is 0 Å². The van der Waals surface area contributed by atoms with E-state index in [9.17, 15) is 0 Å². The zero-order valence-electron chi connectivity index (χ0n) is 8.96. The fourth-order valence-corrected chi connectivity index (χ4v) is 2.26. The van der Waals surface area contributed by atoms with Gasteiger partial charge in [-0.1, -0.05) is 30.3 Å². The quantitative estimate of drug-likeness (QED) is 0.559. The normalized spacial score (nSPS) is 11.3. The van der Waals surface area contributed by atoms with Crippen molar-refractivity contribution in [1.29, 1.82) is 0 Å². The second kappa shape index (κ2) is 2.86. The Hall–Kier alpha value is -1.76. The molecule has 0 aliphatic heterocycles. The van der Waals surface area contributed by atoms with Crippen molar-refractivity contribution in [1.82, 2.24) is 4.98 Å². The molecule has 15 heavy (non-hydrogen) atoms. The molecule has 0 unspecified atom stereocenters. The monoisotopic (exact) mass is 195 g/mol. The number of nitrogens with one attached hydrogen (secondary N) is 1. The van der Waals surface area contributed by atoms with Gasteiger partial charge in [-0.2, -0.15) is 0 Å². The van der Waals surface area contributed by atoms with Gasteiger partial charge in [0.15, 0.2) is 0 Å². The molecule has 0 amide bonds. The topological polar surface area (TPSA) is 15.8 Å². The van der Waals surface area contributed by atoms with Gasteiger partial charge < -0.3 is 4.98 Å². The minimum absolute atomic E-state index is 1.22. The summed E-state index contributed by atoms with van der Waals surface area (Å²) in [6.45, 7) is 4.26. The molecule has 1 heterocycles. The van der Waals surface area contributed by atoms with Crippen LogP contribution in [0.25, 0.3) is 21.7 Å². The van der Waals surface area contributed by atoms with Gasteiger partial charge in [0.2, 0.25) is 0 Å². The van der Waals surface area contributed by atoms with Crippen molar-refractivity contribution in [2.75, 3.05) is 0 Å². The summed E-state index contributed by atoms with van der Waals surface area (Å²) in [5.74, 6) is 0. The Morgan fingerprint density at radius 2 is 1.80 bits per heavy atom. The average Bonchev–Trinajstić information content (AvgIpc) is 2.59. The maximum absolute atomic E-state index is 3.43. The van der Waals surface area contributed by atoms with E-state index in [1.54, 1.807) is 0 Å². The first-order chi connectivity index (χ1) is 7.25. The summed E-state index contributed by atoms with van der Waals surface area (Å²) in [6, 6.07) is 13.0. The van der Waals surface area contributed by atoms with Crippen LogP contribution in [0.15, 0.2) is 36.4 Å².